The van der Waals surface area contributed by atoms with Gasteiger partial charge in [0.25, 0.3) is 21.8 Å². The second-order valence-corrected chi connectivity index (χ2v) is 9.57. The van der Waals surface area contributed by atoms with Gasteiger partial charge in [-0.2, -0.15) is 0 Å². The lowest BCUT2D eigenvalue weighted by molar-refractivity contribution is 0.0963. The molecule has 1 aromatic heterocycles. The van der Waals surface area contributed by atoms with Gasteiger partial charge in [0.1, 0.15) is 10.8 Å². The van der Waals surface area contributed by atoms with Crippen LogP contribution in [0, 0.1) is 19.7 Å². The van der Waals surface area contributed by atoms with Crippen molar-refractivity contribution >= 4 is 43.9 Å². The first-order valence-electron chi connectivity index (χ1n) is 9.14. The zero-order valence-corrected chi connectivity index (χ0v) is 18.6. The van der Waals surface area contributed by atoms with Crippen molar-refractivity contribution in [2.75, 3.05) is 17.1 Å². The summed E-state index contributed by atoms with van der Waals surface area (Å²) in [6.45, 7) is 3.66. The van der Waals surface area contributed by atoms with E-state index in [1.807, 2.05) is 6.92 Å². The molecule has 1 heterocycles. The van der Waals surface area contributed by atoms with E-state index < -0.39 is 21.7 Å². The van der Waals surface area contributed by atoms with Crippen LogP contribution in [0.25, 0.3) is 0 Å². The maximum absolute atomic E-state index is 13.1. The summed E-state index contributed by atoms with van der Waals surface area (Å²) in [6, 6.07) is 10.3. The molecular formula is C21H20FN3O4S2. The molecule has 0 fully saturated rings. The van der Waals surface area contributed by atoms with Crippen molar-refractivity contribution in [3.05, 3.63) is 75.9 Å². The van der Waals surface area contributed by atoms with Crippen molar-refractivity contribution in [2.45, 2.75) is 18.7 Å². The number of thiophene rings is 1. The number of anilines is 2. The van der Waals surface area contributed by atoms with Crippen molar-refractivity contribution in [1.82, 2.24) is 5.32 Å². The minimum atomic E-state index is -3.95. The molecule has 0 saturated heterocycles. The maximum Gasteiger partial charge on any atom is 0.261 e. The minimum Gasteiger partial charge on any atom is -0.355 e. The molecule has 0 radical (unpaired) electrons. The lowest BCUT2D eigenvalue weighted by atomic mass is 10.1. The molecule has 0 atom stereocenters. The Morgan fingerprint density at radius 3 is 2.32 bits per heavy atom. The predicted molar refractivity (Wildman–Crippen MR) is 119 cm³/mol. The first-order chi connectivity index (χ1) is 14.6. The van der Waals surface area contributed by atoms with Crippen LogP contribution in [0.1, 0.15) is 31.2 Å². The topological polar surface area (TPSA) is 104 Å². The van der Waals surface area contributed by atoms with Gasteiger partial charge in [0, 0.05) is 23.2 Å². The highest BCUT2D eigenvalue weighted by Gasteiger charge is 2.21. The molecule has 0 unspecified atom stereocenters. The highest BCUT2D eigenvalue weighted by Crippen LogP contribution is 2.32. The van der Waals surface area contributed by atoms with Gasteiger partial charge >= 0.3 is 0 Å². The Kier molecular flexibility index (Phi) is 6.42. The molecule has 3 aromatic rings. The van der Waals surface area contributed by atoms with E-state index in [1.165, 1.54) is 42.6 Å². The van der Waals surface area contributed by atoms with Gasteiger partial charge in [-0.05, 0) is 61.9 Å². The second-order valence-electron chi connectivity index (χ2n) is 6.66. The summed E-state index contributed by atoms with van der Waals surface area (Å²) in [5.74, 6) is -1.35. The summed E-state index contributed by atoms with van der Waals surface area (Å²) in [5, 5.41) is 5.70. The van der Waals surface area contributed by atoms with Crippen LogP contribution < -0.4 is 15.4 Å². The zero-order valence-electron chi connectivity index (χ0n) is 16.9. The largest absolute Gasteiger partial charge is 0.355 e. The Labute approximate surface area is 183 Å². The van der Waals surface area contributed by atoms with Gasteiger partial charge in [0.2, 0.25) is 0 Å². The van der Waals surface area contributed by atoms with Crippen LogP contribution >= 0.6 is 11.3 Å². The summed E-state index contributed by atoms with van der Waals surface area (Å²) in [6.07, 6.45) is 0. The van der Waals surface area contributed by atoms with Gasteiger partial charge < -0.3 is 10.6 Å². The molecule has 3 rings (SSSR count). The molecule has 10 heteroatoms. The fourth-order valence-electron chi connectivity index (χ4n) is 2.84. The van der Waals surface area contributed by atoms with E-state index in [4.69, 9.17) is 0 Å². The number of amides is 2. The van der Waals surface area contributed by atoms with Gasteiger partial charge in [-0.15, -0.1) is 11.3 Å². The molecule has 162 valence electrons. The molecule has 2 amide bonds. The standard InChI is InChI=1S/C21H20FN3O4S2/c1-12-13(2)30-21(18(12)20(27)23-3)24-19(26)14-5-4-6-16(11-14)25-31(28,29)17-9-7-15(22)8-10-17/h4-11,25H,1-3H3,(H,23,27)(H,24,26). The SMILES string of the molecule is CNC(=O)c1c(NC(=O)c2cccc(NS(=O)(=O)c3ccc(F)cc3)c2)sc(C)c1C. The van der Waals surface area contributed by atoms with E-state index in [-0.39, 0.29) is 22.1 Å². The summed E-state index contributed by atoms with van der Waals surface area (Å²) >= 11 is 1.29. The van der Waals surface area contributed by atoms with Gasteiger partial charge in [-0.25, -0.2) is 12.8 Å². The van der Waals surface area contributed by atoms with Gasteiger partial charge in [-0.1, -0.05) is 6.07 Å². The molecule has 0 aliphatic heterocycles. The number of nitrogens with one attached hydrogen (secondary N) is 3. The van der Waals surface area contributed by atoms with E-state index >= 15 is 0 Å². The van der Waals surface area contributed by atoms with E-state index in [2.05, 4.69) is 15.4 Å². The third-order valence-corrected chi connectivity index (χ3v) is 7.09. The average Bonchev–Trinajstić information content (AvgIpc) is 3.00. The third kappa shape index (κ3) is 4.92. The van der Waals surface area contributed by atoms with Crippen LogP contribution in [0.15, 0.2) is 53.4 Å². The first kappa shape index (κ1) is 22.4. The third-order valence-electron chi connectivity index (χ3n) is 4.57. The Morgan fingerprint density at radius 1 is 1.00 bits per heavy atom. The molecule has 0 aliphatic carbocycles. The van der Waals surface area contributed by atoms with Crippen LogP contribution in [0.2, 0.25) is 0 Å². The van der Waals surface area contributed by atoms with E-state index in [1.54, 1.807) is 6.92 Å². The molecule has 7 nitrogen and oxygen atoms in total. The first-order valence-corrected chi connectivity index (χ1v) is 11.4. The highest BCUT2D eigenvalue weighted by atomic mass is 32.2. The summed E-state index contributed by atoms with van der Waals surface area (Å²) < 4.78 is 40.4. The highest BCUT2D eigenvalue weighted by molar-refractivity contribution is 7.92. The molecule has 2 aromatic carbocycles. The van der Waals surface area contributed by atoms with Crippen LogP contribution in [0.3, 0.4) is 0 Å². The lowest BCUT2D eigenvalue weighted by Crippen LogP contribution is -2.21. The molecule has 0 saturated carbocycles. The maximum atomic E-state index is 13.1. The van der Waals surface area contributed by atoms with E-state index in [0.717, 1.165) is 34.7 Å². The molecule has 0 aliphatic rings. The Balaban J connectivity index is 1.84. The quantitative estimate of drug-likeness (QED) is 0.518. The normalized spacial score (nSPS) is 11.1. The van der Waals surface area contributed by atoms with Crippen molar-refractivity contribution in [2.24, 2.45) is 0 Å². The number of hydrogen-bond donors (Lipinski definition) is 3. The van der Waals surface area contributed by atoms with Crippen LogP contribution in [-0.2, 0) is 10.0 Å². The number of halogens is 1. The van der Waals surface area contributed by atoms with Crippen molar-refractivity contribution in [3.63, 3.8) is 0 Å². The lowest BCUT2D eigenvalue weighted by Gasteiger charge is -2.10. The van der Waals surface area contributed by atoms with Crippen molar-refractivity contribution < 1.29 is 22.4 Å². The summed E-state index contributed by atoms with van der Waals surface area (Å²) in [5.41, 5.74) is 1.54. The number of carbonyl (C=O) groups excluding carboxylic acids is 2. The fourth-order valence-corrected chi connectivity index (χ4v) is 4.94. The minimum absolute atomic E-state index is 0.108. The van der Waals surface area contributed by atoms with E-state index in [0.29, 0.717) is 10.6 Å². The monoisotopic (exact) mass is 461 g/mol. The van der Waals surface area contributed by atoms with Crippen LogP contribution in [0.5, 0.6) is 0 Å². The molecule has 0 bridgehead atoms. The second kappa shape index (κ2) is 8.86. The Hall–Kier alpha value is -3.24. The number of carbonyl (C=O) groups is 2. The van der Waals surface area contributed by atoms with Crippen molar-refractivity contribution in [1.29, 1.82) is 0 Å². The van der Waals surface area contributed by atoms with E-state index in [9.17, 15) is 22.4 Å². The number of aryl methyl sites for hydroxylation is 1. The Bertz CT molecular complexity index is 1250. The van der Waals surface area contributed by atoms with Crippen molar-refractivity contribution in [3.8, 4) is 0 Å². The molecular weight excluding hydrogens is 441 g/mol. The molecule has 31 heavy (non-hydrogen) atoms. The molecule has 0 spiro atoms. The number of benzene rings is 2. The van der Waals surface area contributed by atoms with Gasteiger partial charge in [-0.3, -0.25) is 14.3 Å². The smallest absolute Gasteiger partial charge is 0.261 e. The fraction of sp³-hybridized carbons (Fsp3) is 0.143. The number of sulfonamides is 1. The number of rotatable bonds is 6. The molecule has 3 N–H and O–H groups in total. The van der Waals surface area contributed by atoms with Gasteiger partial charge in [0.05, 0.1) is 10.5 Å². The summed E-state index contributed by atoms with van der Waals surface area (Å²) in [7, 11) is -2.44. The summed E-state index contributed by atoms with van der Waals surface area (Å²) in [4.78, 5) is 25.8. The Morgan fingerprint density at radius 2 is 1.68 bits per heavy atom. The van der Waals surface area contributed by atoms with Crippen LogP contribution in [-0.4, -0.2) is 27.3 Å². The predicted octanol–water partition coefficient (Wildman–Crippen LogP) is 3.92. The van der Waals surface area contributed by atoms with Crippen LogP contribution in [0.4, 0.5) is 15.1 Å². The van der Waals surface area contributed by atoms with Gasteiger partial charge in [0.15, 0.2) is 0 Å². The zero-order chi connectivity index (χ0) is 22.8. The number of hydrogen-bond acceptors (Lipinski definition) is 5. The average molecular weight is 462 g/mol.